The van der Waals surface area contributed by atoms with Gasteiger partial charge in [-0.1, -0.05) is 67.8 Å². The highest BCUT2D eigenvalue weighted by Gasteiger charge is 2.28. The Labute approximate surface area is 143 Å². The fourth-order valence-electron chi connectivity index (χ4n) is 2.87. The van der Waals surface area contributed by atoms with Crippen LogP contribution in [-0.2, 0) is 9.31 Å². The lowest BCUT2D eigenvalue weighted by atomic mass is 9.76. The summed E-state index contributed by atoms with van der Waals surface area (Å²) in [5, 5.41) is 0.756. The second-order valence-corrected chi connectivity index (χ2v) is 6.57. The minimum Gasteiger partial charge on any atom is -0.407 e. The molecule has 0 spiro atoms. The van der Waals surface area contributed by atoms with Crippen molar-refractivity contribution in [1.29, 1.82) is 0 Å². The van der Waals surface area contributed by atoms with Gasteiger partial charge >= 0.3 is 7.12 Å². The lowest BCUT2D eigenvalue weighted by Crippen LogP contribution is -2.44. The average molecular weight is 329 g/mol. The van der Waals surface area contributed by atoms with Gasteiger partial charge in [-0.25, -0.2) is 0 Å². The second-order valence-electron chi connectivity index (χ2n) is 6.14. The maximum absolute atomic E-state index is 5.94. The number of hydrogen-bond donors (Lipinski definition) is 0. The van der Waals surface area contributed by atoms with Crippen molar-refractivity contribution < 1.29 is 9.31 Å². The molecule has 0 amide bonds. The van der Waals surface area contributed by atoms with E-state index >= 15 is 0 Å². The van der Waals surface area contributed by atoms with Gasteiger partial charge in [-0.2, -0.15) is 0 Å². The first-order chi connectivity index (χ1) is 11.3. The van der Waals surface area contributed by atoms with E-state index < -0.39 is 0 Å². The Morgan fingerprint density at radius 1 is 0.957 bits per heavy atom. The van der Waals surface area contributed by atoms with Crippen molar-refractivity contribution >= 4 is 24.2 Å². The van der Waals surface area contributed by atoms with Crippen LogP contribution in [0.2, 0.25) is 5.02 Å². The fraction of sp³-hybridized carbons (Fsp3) is 0.368. The lowest BCUT2D eigenvalue weighted by molar-refractivity contribution is 0.0813. The Balaban J connectivity index is 1.61. The van der Waals surface area contributed by atoms with Gasteiger partial charge in [-0.05, 0) is 35.1 Å². The molecule has 0 saturated carbocycles. The first-order valence-corrected chi connectivity index (χ1v) is 8.73. The zero-order valence-corrected chi connectivity index (χ0v) is 14.3. The van der Waals surface area contributed by atoms with Gasteiger partial charge in [0.25, 0.3) is 0 Å². The van der Waals surface area contributed by atoms with Gasteiger partial charge in [0.15, 0.2) is 0 Å². The van der Waals surface area contributed by atoms with Crippen LogP contribution in [0, 0.1) is 5.92 Å². The molecule has 1 heterocycles. The van der Waals surface area contributed by atoms with Gasteiger partial charge in [0.2, 0.25) is 0 Å². The minimum atomic E-state index is -0.229. The van der Waals surface area contributed by atoms with Crippen LogP contribution in [0.5, 0.6) is 0 Å². The monoisotopic (exact) mass is 328 g/mol. The van der Waals surface area contributed by atoms with E-state index in [1.165, 1.54) is 24.8 Å². The quantitative estimate of drug-likeness (QED) is 0.749. The second kappa shape index (κ2) is 8.00. The summed E-state index contributed by atoms with van der Waals surface area (Å²) in [4.78, 5) is 0. The Hall–Kier alpha value is -1.29. The topological polar surface area (TPSA) is 18.5 Å². The van der Waals surface area contributed by atoms with E-state index in [9.17, 15) is 0 Å². The molecule has 1 saturated heterocycles. The summed E-state index contributed by atoms with van der Waals surface area (Å²) in [5.41, 5.74) is 3.41. The average Bonchev–Trinajstić information content (AvgIpc) is 2.61. The van der Waals surface area contributed by atoms with Gasteiger partial charge in [-0.15, -0.1) is 0 Å². The van der Waals surface area contributed by atoms with E-state index in [1.807, 2.05) is 24.3 Å². The van der Waals surface area contributed by atoms with E-state index in [1.54, 1.807) is 0 Å². The highest BCUT2D eigenvalue weighted by Crippen LogP contribution is 2.21. The van der Waals surface area contributed by atoms with Gasteiger partial charge in [0, 0.05) is 24.2 Å². The Morgan fingerprint density at radius 2 is 1.52 bits per heavy atom. The molecule has 0 N–H and O–H groups in total. The molecule has 0 atom stereocenters. The van der Waals surface area contributed by atoms with Crippen LogP contribution in [0.25, 0.3) is 11.1 Å². The lowest BCUT2D eigenvalue weighted by Gasteiger charge is -2.27. The van der Waals surface area contributed by atoms with Crippen molar-refractivity contribution in [1.82, 2.24) is 0 Å². The molecule has 0 aromatic heterocycles. The highest BCUT2D eigenvalue weighted by atomic mass is 35.5. The minimum absolute atomic E-state index is 0.229. The summed E-state index contributed by atoms with van der Waals surface area (Å²) in [7, 11) is -0.229. The maximum Gasteiger partial charge on any atom is 0.493 e. The number of hydrogen-bond acceptors (Lipinski definition) is 2. The third-order valence-electron chi connectivity index (χ3n) is 4.29. The molecule has 0 radical (unpaired) electrons. The first-order valence-electron chi connectivity index (χ1n) is 8.35. The SMILES string of the molecule is CCCCC1COB(c2ccc(-c3ccc(Cl)cc3)cc2)OC1. The largest absolute Gasteiger partial charge is 0.493 e. The molecule has 23 heavy (non-hydrogen) atoms. The van der Waals surface area contributed by atoms with Crippen LogP contribution >= 0.6 is 11.6 Å². The van der Waals surface area contributed by atoms with Gasteiger partial charge in [-0.3, -0.25) is 0 Å². The summed E-state index contributed by atoms with van der Waals surface area (Å²) in [6, 6.07) is 16.3. The van der Waals surface area contributed by atoms with E-state index in [-0.39, 0.29) is 7.12 Å². The number of rotatable bonds is 5. The Morgan fingerprint density at radius 3 is 2.09 bits per heavy atom. The molecule has 4 heteroatoms. The van der Waals surface area contributed by atoms with Crippen LogP contribution in [0.4, 0.5) is 0 Å². The molecule has 0 bridgehead atoms. The predicted octanol–water partition coefficient (Wildman–Crippen LogP) is 4.56. The van der Waals surface area contributed by atoms with E-state index in [4.69, 9.17) is 20.9 Å². The molecule has 1 fully saturated rings. The first kappa shape index (κ1) is 16.6. The third kappa shape index (κ3) is 4.38. The molecule has 3 rings (SSSR count). The molecule has 2 aromatic rings. The van der Waals surface area contributed by atoms with Crippen LogP contribution in [0.1, 0.15) is 26.2 Å². The maximum atomic E-state index is 5.94. The molecule has 1 aliphatic heterocycles. The molecular weight excluding hydrogens is 306 g/mol. The number of benzene rings is 2. The molecule has 1 aliphatic rings. The molecule has 0 unspecified atom stereocenters. The molecular formula is C19H22BClO2. The molecule has 0 aliphatic carbocycles. The van der Waals surface area contributed by atoms with E-state index in [0.29, 0.717) is 5.92 Å². The van der Waals surface area contributed by atoms with Crippen molar-refractivity contribution in [2.45, 2.75) is 26.2 Å². The summed E-state index contributed by atoms with van der Waals surface area (Å²) in [6.45, 7) is 3.81. The predicted molar refractivity (Wildman–Crippen MR) is 97.2 cm³/mol. The standard InChI is InChI=1S/C19H22BClO2/c1-2-3-4-15-13-22-20(23-14-15)18-9-5-16(6-10-18)17-7-11-19(21)12-8-17/h5-12,15H,2-4,13-14H2,1H3. The van der Waals surface area contributed by atoms with Crippen molar-refractivity contribution in [3.63, 3.8) is 0 Å². The molecule has 2 aromatic carbocycles. The third-order valence-corrected chi connectivity index (χ3v) is 4.54. The van der Waals surface area contributed by atoms with E-state index in [0.717, 1.165) is 29.3 Å². The summed E-state index contributed by atoms with van der Waals surface area (Å²) in [6.07, 6.45) is 3.67. The highest BCUT2D eigenvalue weighted by molar-refractivity contribution is 6.61. The fourth-order valence-corrected chi connectivity index (χ4v) is 3.00. The van der Waals surface area contributed by atoms with Crippen molar-refractivity contribution in [2.24, 2.45) is 5.92 Å². The van der Waals surface area contributed by atoms with Crippen LogP contribution in [-0.4, -0.2) is 20.3 Å². The van der Waals surface area contributed by atoms with Crippen LogP contribution in [0.3, 0.4) is 0 Å². The molecule has 2 nitrogen and oxygen atoms in total. The Bertz CT molecular complexity index is 604. The smallest absolute Gasteiger partial charge is 0.407 e. The van der Waals surface area contributed by atoms with Gasteiger partial charge in [0.05, 0.1) is 0 Å². The normalized spacial score (nSPS) is 15.8. The Kier molecular flexibility index (Phi) is 5.77. The number of halogens is 1. The van der Waals surface area contributed by atoms with Crippen LogP contribution in [0.15, 0.2) is 48.5 Å². The molecule has 120 valence electrons. The number of unbranched alkanes of at least 4 members (excludes halogenated alkanes) is 1. The summed E-state index contributed by atoms with van der Waals surface area (Å²) in [5.74, 6) is 0.541. The summed E-state index contributed by atoms with van der Waals surface area (Å²) >= 11 is 5.94. The van der Waals surface area contributed by atoms with Crippen molar-refractivity contribution in [3.8, 4) is 11.1 Å². The summed E-state index contributed by atoms with van der Waals surface area (Å²) < 4.78 is 11.8. The van der Waals surface area contributed by atoms with Gasteiger partial charge in [0.1, 0.15) is 0 Å². The van der Waals surface area contributed by atoms with Crippen molar-refractivity contribution in [2.75, 3.05) is 13.2 Å². The van der Waals surface area contributed by atoms with Crippen LogP contribution < -0.4 is 5.46 Å². The van der Waals surface area contributed by atoms with E-state index in [2.05, 4.69) is 31.2 Å². The zero-order valence-electron chi connectivity index (χ0n) is 13.5. The van der Waals surface area contributed by atoms with Gasteiger partial charge < -0.3 is 9.31 Å². The zero-order chi connectivity index (χ0) is 16.1. The van der Waals surface area contributed by atoms with Crippen molar-refractivity contribution in [3.05, 3.63) is 53.6 Å².